The first-order chi connectivity index (χ1) is 14.6. The lowest BCUT2D eigenvalue weighted by Gasteiger charge is -2.35. The molecule has 2 heterocycles. The van der Waals surface area contributed by atoms with Crippen molar-refractivity contribution in [3.05, 3.63) is 65.9 Å². The number of methoxy groups -OCH3 is 1. The quantitative estimate of drug-likeness (QED) is 0.625. The molecule has 0 bridgehead atoms. The monoisotopic (exact) mass is 405 g/mol. The number of hydrogen-bond donors (Lipinski definition) is 0. The summed E-state index contributed by atoms with van der Waals surface area (Å²) in [6, 6.07) is 16.5. The topological polar surface area (TPSA) is 37.7 Å². The molecule has 30 heavy (non-hydrogen) atoms. The summed E-state index contributed by atoms with van der Waals surface area (Å²) < 4.78 is 7.83. The molecule has 1 aliphatic heterocycles. The summed E-state index contributed by atoms with van der Waals surface area (Å²) in [5.41, 5.74) is 3.42. The Kier molecular flexibility index (Phi) is 6.09. The Morgan fingerprint density at radius 2 is 1.70 bits per heavy atom. The van der Waals surface area contributed by atoms with Crippen LogP contribution >= 0.6 is 0 Å². The second kappa shape index (κ2) is 8.92. The van der Waals surface area contributed by atoms with Gasteiger partial charge in [0, 0.05) is 68.2 Å². The van der Waals surface area contributed by atoms with E-state index in [-0.39, 0.29) is 11.8 Å². The number of amides is 1. The van der Waals surface area contributed by atoms with Crippen LogP contribution in [0.1, 0.15) is 30.4 Å². The van der Waals surface area contributed by atoms with E-state index in [0.717, 1.165) is 44.0 Å². The van der Waals surface area contributed by atoms with Crippen molar-refractivity contribution in [1.82, 2.24) is 14.4 Å². The van der Waals surface area contributed by atoms with Crippen LogP contribution in [0, 0.1) is 0 Å². The zero-order chi connectivity index (χ0) is 21.1. The number of benzene rings is 2. The van der Waals surface area contributed by atoms with Crippen LogP contribution < -0.4 is 4.74 Å². The lowest BCUT2D eigenvalue weighted by molar-refractivity contribution is -0.133. The van der Waals surface area contributed by atoms with E-state index < -0.39 is 0 Å². The molecule has 4 rings (SSSR count). The maximum Gasteiger partial charge on any atom is 0.223 e. The molecule has 0 aliphatic carbocycles. The lowest BCUT2D eigenvalue weighted by Crippen LogP contribution is -2.48. The van der Waals surface area contributed by atoms with Crippen molar-refractivity contribution in [3.63, 3.8) is 0 Å². The van der Waals surface area contributed by atoms with Crippen LogP contribution in [0.25, 0.3) is 10.9 Å². The molecule has 1 aromatic heterocycles. The van der Waals surface area contributed by atoms with E-state index in [1.165, 1.54) is 16.5 Å². The number of nitrogens with zero attached hydrogens (tertiary/aromatic N) is 3. The van der Waals surface area contributed by atoms with Gasteiger partial charge < -0.3 is 19.1 Å². The molecule has 0 radical (unpaired) electrons. The summed E-state index contributed by atoms with van der Waals surface area (Å²) in [6.07, 6.45) is 2.62. The van der Waals surface area contributed by atoms with Gasteiger partial charge in [-0.15, -0.1) is 0 Å². The first-order valence-corrected chi connectivity index (χ1v) is 10.8. The Bertz CT molecular complexity index is 1020. The molecular formula is C25H31N3O2. The molecule has 0 unspecified atom stereocenters. The number of para-hydroxylation sites is 2. The fourth-order valence-electron chi connectivity index (χ4n) is 4.61. The molecule has 1 saturated heterocycles. The van der Waals surface area contributed by atoms with Gasteiger partial charge in [-0.2, -0.15) is 0 Å². The second-order valence-electron chi connectivity index (χ2n) is 8.03. The summed E-state index contributed by atoms with van der Waals surface area (Å²) in [5, 5.41) is 1.19. The Morgan fingerprint density at radius 1 is 1.00 bits per heavy atom. The van der Waals surface area contributed by atoms with Crippen LogP contribution in [0.2, 0.25) is 0 Å². The Hall–Kier alpha value is -2.79. The summed E-state index contributed by atoms with van der Waals surface area (Å²) >= 11 is 0. The van der Waals surface area contributed by atoms with Crippen LogP contribution in [0.15, 0.2) is 54.7 Å². The van der Waals surface area contributed by atoms with Gasteiger partial charge in [-0.1, -0.05) is 43.3 Å². The SMILES string of the molecule is CCN1CCN(C(=O)C[C@H](c2ccccc2OC)c2cn(C)c3ccccc23)CC1. The first-order valence-electron chi connectivity index (χ1n) is 10.8. The van der Waals surface area contributed by atoms with Gasteiger partial charge in [0.1, 0.15) is 5.75 Å². The van der Waals surface area contributed by atoms with Crippen molar-refractivity contribution in [2.75, 3.05) is 39.8 Å². The van der Waals surface area contributed by atoms with Gasteiger partial charge in [0.25, 0.3) is 0 Å². The van der Waals surface area contributed by atoms with Crippen molar-refractivity contribution in [3.8, 4) is 5.75 Å². The van der Waals surface area contributed by atoms with Gasteiger partial charge in [-0.05, 0) is 24.2 Å². The molecule has 0 saturated carbocycles. The number of piperazine rings is 1. The molecule has 1 fully saturated rings. The number of carbonyl (C=O) groups is 1. The highest BCUT2D eigenvalue weighted by molar-refractivity contribution is 5.87. The van der Waals surface area contributed by atoms with Gasteiger partial charge in [0.05, 0.1) is 7.11 Å². The fraction of sp³-hybridized carbons (Fsp3) is 0.400. The van der Waals surface area contributed by atoms with Gasteiger partial charge in [0.15, 0.2) is 0 Å². The number of rotatable bonds is 6. The fourth-order valence-corrected chi connectivity index (χ4v) is 4.61. The van der Waals surface area contributed by atoms with Crippen LogP contribution in [-0.4, -0.2) is 60.1 Å². The Labute approximate surface area is 178 Å². The maximum absolute atomic E-state index is 13.4. The van der Waals surface area contributed by atoms with Crippen molar-refractivity contribution < 1.29 is 9.53 Å². The van der Waals surface area contributed by atoms with E-state index in [4.69, 9.17) is 4.74 Å². The summed E-state index contributed by atoms with van der Waals surface area (Å²) in [7, 11) is 3.77. The second-order valence-corrected chi connectivity index (χ2v) is 8.03. The average Bonchev–Trinajstić information content (AvgIpc) is 3.14. The molecule has 0 N–H and O–H groups in total. The maximum atomic E-state index is 13.4. The van der Waals surface area contributed by atoms with E-state index >= 15 is 0 Å². The summed E-state index contributed by atoms with van der Waals surface area (Å²) in [5.74, 6) is 0.998. The highest BCUT2D eigenvalue weighted by Crippen LogP contribution is 2.38. The molecule has 0 spiro atoms. The third kappa shape index (κ3) is 3.94. The summed E-state index contributed by atoms with van der Waals surface area (Å²) in [6.45, 7) is 6.74. The van der Waals surface area contributed by atoms with Gasteiger partial charge >= 0.3 is 0 Å². The van der Waals surface area contributed by atoms with Crippen molar-refractivity contribution >= 4 is 16.8 Å². The van der Waals surface area contributed by atoms with E-state index in [1.54, 1.807) is 7.11 Å². The number of hydrogen-bond acceptors (Lipinski definition) is 3. The molecule has 5 heteroatoms. The predicted molar refractivity (Wildman–Crippen MR) is 121 cm³/mol. The van der Waals surface area contributed by atoms with Crippen LogP contribution in [0.5, 0.6) is 5.75 Å². The van der Waals surface area contributed by atoms with E-state index in [9.17, 15) is 4.79 Å². The molecule has 2 aromatic carbocycles. The standard InChI is InChI=1S/C25H31N3O2/c1-4-27-13-15-28(16-14-27)25(29)17-21(20-10-6-8-12-24(20)30-3)22-18-26(2)23-11-7-5-9-19(22)23/h5-12,18,21H,4,13-17H2,1-3H3/t21-/m1/s1. The van der Waals surface area contributed by atoms with E-state index in [2.05, 4.69) is 60.0 Å². The molecule has 158 valence electrons. The third-order valence-electron chi connectivity index (χ3n) is 6.37. The molecule has 5 nitrogen and oxygen atoms in total. The van der Waals surface area contributed by atoms with Crippen molar-refractivity contribution in [1.29, 1.82) is 0 Å². The van der Waals surface area contributed by atoms with Gasteiger partial charge in [0.2, 0.25) is 5.91 Å². The lowest BCUT2D eigenvalue weighted by atomic mass is 9.87. The van der Waals surface area contributed by atoms with Gasteiger partial charge in [-0.3, -0.25) is 4.79 Å². The zero-order valence-corrected chi connectivity index (χ0v) is 18.2. The Balaban J connectivity index is 1.70. The zero-order valence-electron chi connectivity index (χ0n) is 18.2. The van der Waals surface area contributed by atoms with E-state index in [0.29, 0.717) is 6.42 Å². The minimum Gasteiger partial charge on any atom is -0.496 e. The van der Waals surface area contributed by atoms with E-state index in [1.807, 2.05) is 23.1 Å². The largest absolute Gasteiger partial charge is 0.496 e. The molecule has 1 aliphatic rings. The third-order valence-corrected chi connectivity index (χ3v) is 6.37. The highest BCUT2D eigenvalue weighted by atomic mass is 16.5. The van der Waals surface area contributed by atoms with Crippen LogP contribution in [0.4, 0.5) is 0 Å². The molecular weight excluding hydrogens is 374 g/mol. The number of aryl methyl sites for hydroxylation is 1. The first kappa shape index (κ1) is 20.5. The normalized spacial score (nSPS) is 16.0. The molecule has 3 aromatic rings. The minimum absolute atomic E-state index is 0.0519. The van der Waals surface area contributed by atoms with Gasteiger partial charge in [-0.25, -0.2) is 0 Å². The number of carbonyl (C=O) groups excluding carboxylic acids is 1. The number of fused-ring (bicyclic) bond motifs is 1. The van der Waals surface area contributed by atoms with Crippen molar-refractivity contribution in [2.24, 2.45) is 7.05 Å². The highest BCUT2D eigenvalue weighted by Gasteiger charge is 2.28. The predicted octanol–water partition coefficient (Wildman–Crippen LogP) is 3.87. The minimum atomic E-state index is -0.0519. The average molecular weight is 406 g/mol. The molecule has 1 amide bonds. The number of likely N-dealkylation sites (N-methyl/N-ethyl adjacent to an activating group) is 1. The smallest absolute Gasteiger partial charge is 0.223 e. The molecule has 1 atom stereocenters. The van der Waals surface area contributed by atoms with Crippen molar-refractivity contribution in [2.45, 2.75) is 19.3 Å². The Morgan fingerprint density at radius 3 is 2.43 bits per heavy atom. The van der Waals surface area contributed by atoms with Crippen LogP contribution in [-0.2, 0) is 11.8 Å². The van der Waals surface area contributed by atoms with Crippen LogP contribution in [0.3, 0.4) is 0 Å². The number of aromatic nitrogens is 1. The summed E-state index contributed by atoms with van der Waals surface area (Å²) in [4.78, 5) is 17.8. The number of ether oxygens (including phenoxy) is 1.